The van der Waals surface area contributed by atoms with Crippen LogP contribution >= 0.6 is 0 Å². The van der Waals surface area contributed by atoms with E-state index in [0.29, 0.717) is 6.61 Å². The molecule has 1 unspecified atom stereocenters. The maximum Gasteiger partial charge on any atom is 0.162 e. The summed E-state index contributed by atoms with van der Waals surface area (Å²) in [7, 11) is 0. The lowest BCUT2D eigenvalue weighted by molar-refractivity contribution is -0.244. The predicted molar refractivity (Wildman–Crippen MR) is 51.5 cm³/mol. The van der Waals surface area contributed by atoms with E-state index in [1.807, 2.05) is 30.3 Å². The predicted octanol–water partition coefficient (Wildman–Crippen LogP) is 1.17. The van der Waals surface area contributed by atoms with Gasteiger partial charge < -0.3 is 14.6 Å². The topological polar surface area (TPSA) is 38.7 Å². The van der Waals surface area contributed by atoms with Crippen molar-refractivity contribution in [2.75, 3.05) is 13.4 Å². The zero-order valence-corrected chi connectivity index (χ0v) is 7.93. The molecule has 2 atom stereocenters. The van der Waals surface area contributed by atoms with Gasteiger partial charge in [-0.05, 0) is 12.0 Å². The first-order valence-electron chi connectivity index (χ1n) is 4.77. The van der Waals surface area contributed by atoms with Crippen molar-refractivity contribution in [1.29, 1.82) is 0 Å². The van der Waals surface area contributed by atoms with Gasteiger partial charge in [0.25, 0.3) is 0 Å². The second-order valence-corrected chi connectivity index (χ2v) is 3.50. The van der Waals surface area contributed by atoms with E-state index in [1.54, 1.807) is 0 Å². The van der Waals surface area contributed by atoms with Crippen LogP contribution in [0.15, 0.2) is 30.3 Å². The van der Waals surface area contributed by atoms with E-state index in [9.17, 15) is 5.11 Å². The van der Waals surface area contributed by atoms with Crippen LogP contribution < -0.4 is 0 Å². The van der Waals surface area contributed by atoms with E-state index in [-0.39, 0.29) is 12.7 Å². The van der Waals surface area contributed by atoms with Crippen LogP contribution in [0, 0.1) is 5.92 Å². The van der Waals surface area contributed by atoms with Crippen LogP contribution in [0.3, 0.4) is 0 Å². The minimum Gasteiger partial charge on any atom is -0.368 e. The Morgan fingerprint density at radius 3 is 2.79 bits per heavy atom. The van der Waals surface area contributed by atoms with Gasteiger partial charge in [0.2, 0.25) is 0 Å². The molecule has 0 saturated carbocycles. The molecule has 1 fully saturated rings. The Kier molecular flexibility index (Phi) is 3.14. The molecule has 1 aliphatic rings. The lowest BCUT2D eigenvalue weighted by atomic mass is 9.99. The summed E-state index contributed by atoms with van der Waals surface area (Å²) in [4.78, 5) is 0. The molecule has 0 bridgehead atoms. The van der Waals surface area contributed by atoms with Gasteiger partial charge in [0, 0.05) is 5.92 Å². The summed E-state index contributed by atoms with van der Waals surface area (Å²) in [5.74, 6) is 0.0474. The van der Waals surface area contributed by atoms with E-state index in [2.05, 4.69) is 0 Å². The van der Waals surface area contributed by atoms with Gasteiger partial charge in [-0.1, -0.05) is 30.3 Å². The van der Waals surface area contributed by atoms with Gasteiger partial charge >= 0.3 is 0 Å². The van der Waals surface area contributed by atoms with E-state index < -0.39 is 6.29 Å². The van der Waals surface area contributed by atoms with Crippen molar-refractivity contribution in [1.82, 2.24) is 0 Å². The number of ether oxygens (including phenoxy) is 2. The molecule has 0 aromatic heterocycles. The lowest BCUT2D eigenvalue weighted by Crippen LogP contribution is -2.35. The molecule has 3 nitrogen and oxygen atoms in total. The molecule has 14 heavy (non-hydrogen) atoms. The van der Waals surface area contributed by atoms with Gasteiger partial charge in [-0.25, -0.2) is 0 Å². The van der Waals surface area contributed by atoms with Crippen molar-refractivity contribution in [2.24, 2.45) is 5.92 Å². The number of aliphatic hydroxyl groups is 1. The van der Waals surface area contributed by atoms with Crippen molar-refractivity contribution in [3.63, 3.8) is 0 Å². The number of rotatable bonds is 2. The summed E-state index contributed by atoms with van der Waals surface area (Å²) < 4.78 is 10.1. The zero-order valence-electron chi connectivity index (χ0n) is 7.93. The van der Waals surface area contributed by atoms with E-state index in [0.717, 1.165) is 6.42 Å². The summed E-state index contributed by atoms with van der Waals surface area (Å²) in [6.45, 7) is 0.766. The Balaban J connectivity index is 1.96. The third-order valence-electron chi connectivity index (χ3n) is 2.40. The zero-order chi connectivity index (χ0) is 9.80. The summed E-state index contributed by atoms with van der Waals surface area (Å²) in [6.07, 6.45) is 0.103. The fourth-order valence-corrected chi connectivity index (χ4v) is 1.61. The van der Waals surface area contributed by atoms with Gasteiger partial charge in [-0.3, -0.25) is 0 Å². The quantitative estimate of drug-likeness (QED) is 0.768. The summed E-state index contributed by atoms with van der Waals surface area (Å²) in [6, 6.07) is 10.1. The third kappa shape index (κ3) is 2.32. The summed E-state index contributed by atoms with van der Waals surface area (Å²) in [5, 5.41) is 9.53. The van der Waals surface area contributed by atoms with E-state index in [1.165, 1.54) is 5.56 Å². The van der Waals surface area contributed by atoms with Gasteiger partial charge in [0.05, 0.1) is 6.61 Å². The van der Waals surface area contributed by atoms with E-state index in [4.69, 9.17) is 9.47 Å². The van der Waals surface area contributed by atoms with Crippen molar-refractivity contribution in [2.45, 2.75) is 12.7 Å². The van der Waals surface area contributed by atoms with Crippen LogP contribution in [0.1, 0.15) is 5.56 Å². The minimum absolute atomic E-state index is 0.0474. The van der Waals surface area contributed by atoms with Crippen molar-refractivity contribution < 1.29 is 14.6 Å². The molecule has 1 N–H and O–H groups in total. The first-order chi connectivity index (χ1) is 6.86. The molecule has 2 rings (SSSR count). The molecular weight excluding hydrogens is 180 g/mol. The lowest BCUT2D eigenvalue weighted by Gasteiger charge is -2.27. The van der Waals surface area contributed by atoms with E-state index >= 15 is 0 Å². The molecule has 76 valence electrons. The third-order valence-corrected chi connectivity index (χ3v) is 2.40. The Hall–Kier alpha value is -0.900. The van der Waals surface area contributed by atoms with Crippen molar-refractivity contribution in [3.05, 3.63) is 35.9 Å². The Bertz CT molecular complexity index is 273. The normalized spacial score (nSPS) is 27.5. The van der Waals surface area contributed by atoms with Crippen LogP contribution in [0.25, 0.3) is 0 Å². The van der Waals surface area contributed by atoms with Crippen LogP contribution in [-0.4, -0.2) is 24.8 Å². The smallest absolute Gasteiger partial charge is 0.162 e. The fourth-order valence-electron chi connectivity index (χ4n) is 1.61. The second kappa shape index (κ2) is 4.55. The molecule has 0 amide bonds. The molecular formula is C11H14O3. The Labute approximate surface area is 83.3 Å². The highest BCUT2D eigenvalue weighted by molar-refractivity contribution is 5.15. The Morgan fingerprint density at radius 1 is 1.29 bits per heavy atom. The minimum atomic E-state index is -0.691. The van der Waals surface area contributed by atoms with Gasteiger partial charge in [-0.2, -0.15) is 0 Å². The molecule has 1 saturated heterocycles. The van der Waals surface area contributed by atoms with Gasteiger partial charge in [0.1, 0.15) is 6.79 Å². The fraction of sp³-hybridized carbons (Fsp3) is 0.455. The maximum absolute atomic E-state index is 9.53. The number of benzene rings is 1. The first kappa shape index (κ1) is 9.65. The van der Waals surface area contributed by atoms with Crippen LogP contribution in [0.2, 0.25) is 0 Å². The Morgan fingerprint density at radius 2 is 2.07 bits per heavy atom. The highest BCUT2D eigenvalue weighted by Gasteiger charge is 2.24. The molecule has 1 aromatic carbocycles. The second-order valence-electron chi connectivity index (χ2n) is 3.50. The van der Waals surface area contributed by atoms with Gasteiger partial charge in [0.15, 0.2) is 6.29 Å². The molecule has 1 heterocycles. The highest BCUT2D eigenvalue weighted by atomic mass is 16.7. The summed E-state index contributed by atoms with van der Waals surface area (Å²) >= 11 is 0. The molecule has 0 spiro atoms. The van der Waals surface area contributed by atoms with Crippen molar-refractivity contribution in [3.8, 4) is 0 Å². The molecule has 0 radical (unpaired) electrons. The number of hydrogen-bond donors (Lipinski definition) is 1. The molecule has 1 aromatic rings. The number of hydrogen-bond acceptors (Lipinski definition) is 3. The van der Waals surface area contributed by atoms with Crippen LogP contribution in [0.5, 0.6) is 0 Å². The average Bonchev–Trinajstić information content (AvgIpc) is 2.23. The molecule has 1 aliphatic heterocycles. The average molecular weight is 194 g/mol. The SMILES string of the molecule is OC1OCOC[C@H]1Cc1ccccc1. The maximum atomic E-state index is 9.53. The molecule has 0 aliphatic carbocycles. The number of aliphatic hydroxyl groups excluding tert-OH is 1. The largest absolute Gasteiger partial charge is 0.368 e. The monoisotopic (exact) mass is 194 g/mol. The van der Waals surface area contributed by atoms with Crippen LogP contribution in [-0.2, 0) is 15.9 Å². The van der Waals surface area contributed by atoms with Crippen LogP contribution in [0.4, 0.5) is 0 Å². The highest BCUT2D eigenvalue weighted by Crippen LogP contribution is 2.17. The van der Waals surface area contributed by atoms with Gasteiger partial charge in [-0.15, -0.1) is 0 Å². The van der Waals surface area contributed by atoms with Crippen molar-refractivity contribution >= 4 is 0 Å². The first-order valence-corrected chi connectivity index (χ1v) is 4.77. The standard InChI is InChI=1S/C11H14O3/c12-11-10(7-13-8-14-11)6-9-4-2-1-3-5-9/h1-5,10-12H,6-8H2/t10-,11?/m1/s1. The summed E-state index contributed by atoms with van der Waals surface area (Å²) in [5.41, 5.74) is 1.20. The molecule has 3 heteroatoms.